The van der Waals surface area contributed by atoms with Gasteiger partial charge in [0.2, 0.25) is 11.1 Å². The molecule has 0 fully saturated rings. The van der Waals surface area contributed by atoms with Gasteiger partial charge in [0.1, 0.15) is 5.82 Å². The lowest BCUT2D eigenvalue weighted by atomic mass is 9.96. The molecule has 1 heterocycles. The van der Waals surface area contributed by atoms with Crippen LogP contribution in [0.15, 0.2) is 29.4 Å². The molecule has 1 aromatic carbocycles. The number of carbonyl (C=O) groups excluding carboxylic acids is 1. The van der Waals surface area contributed by atoms with Crippen molar-refractivity contribution in [1.82, 2.24) is 25.5 Å². The molecule has 130 valence electrons. The molecule has 0 radical (unpaired) electrons. The highest BCUT2D eigenvalue weighted by Crippen LogP contribution is 2.23. The monoisotopic (exact) mass is 351 g/mol. The zero-order valence-electron chi connectivity index (χ0n) is 14.2. The van der Waals surface area contributed by atoms with E-state index in [1.165, 1.54) is 23.9 Å². The second-order valence-electron chi connectivity index (χ2n) is 6.13. The number of hydrogen-bond donors (Lipinski definition) is 1. The number of amides is 1. The predicted octanol–water partition coefficient (Wildman–Crippen LogP) is 3.00. The summed E-state index contributed by atoms with van der Waals surface area (Å²) in [6.45, 7) is 7.98. The van der Waals surface area contributed by atoms with Crippen LogP contribution in [-0.2, 0) is 4.79 Å². The van der Waals surface area contributed by atoms with Crippen LogP contribution in [-0.4, -0.2) is 31.9 Å². The molecule has 8 heteroatoms. The Labute approximate surface area is 145 Å². The SMILES string of the molecule is CC(C)C(NC(=O)CSc1nnnn1C(C)C)c1ccc(F)cc1. The molecule has 2 rings (SSSR count). The lowest BCUT2D eigenvalue weighted by molar-refractivity contribution is -0.119. The van der Waals surface area contributed by atoms with E-state index in [4.69, 9.17) is 0 Å². The lowest BCUT2D eigenvalue weighted by Gasteiger charge is -2.23. The summed E-state index contributed by atoms with van der Waals surface area (Å²) in [5.41, 5.74) is 0.886. The maximum atomic E-state index is 13.1. The molecular weight excluding hydrogens is 329 g/mol. The van der Waals surface area contributed by atoms with Crippen molar-refractivity contribution in [1.29, 1.82) is 0 Å². The minimum Gasteiger partial charge on any atom is -0.348 e. The third-order valence-electron chi connectivity index (χ3n) is 3.50. The smallest absolute Gasteiger partial charge is 0.230 e. The van der Waals surface area contributed by atoms with E-state index in [-0.39, 0.29) is 35.5 Å². The molecule has 1 N–H and O–H groups in total. The quantitative estimate of drug-likeness (QED) is 0.776. The molecule has 1 atom stereocenters. The Morgan fingerprint density at radius 3 is 2.50 bits per heavy atom. The highest BCUT2D eigenvalue weighted by molar-refractivity contribution is 7.99. The molecule has 1 unspecified atom stereocenters. The summed E-state index contributed by atoms with van der Waals surface area (Å²) in [5.74, 6) is 0.00714. The van der Waals surface area contributed by atoms with Gasteiger partial charge in [-0.05, 0) is 47.9 Å². The van der Waals surface area contributed by atoms with Gasteiger partial charge in [0.05, 0.1) is 17.8 Å². The Balaban J connectivity index is 1.98. The van der Waals surface area contributed by atoms with Crippen molar-refractivity contribution in [2.24, 2.45) is 5.92 Å². The van der Waals surface area contributed by atoms with Gasteiger partial charge in [-0.15, -0.1) is 5.10 Å². The fourth-order valence-electron chi connectivity index (χ4n) is 2.25. The number of benzene rings is 1. The van der Waals surface area contributed by atoms with E-state index in [0.717, 1.165) is 5.56 Å². The Morgan fingerprint density at radius 2 is 1.92 bits per heavy atom. The molecular formula is C16H22FN5OS. The molecule has 0 aliphatic heterocycles. The summed E-state index contributed by atoms with van der Waals surface area (Å²) in [5, 5.41) is 15.1. The Kier molecular flexibility index (Phi) is 6.30. The van der Waals surface area contributed by atoms with Crippen molar-refractivity contribution in [3.8, 4) is 0 Å². The summed E-state index contributed by atoms with van der Waals surface area (Å²) < 4.78 is 14.8. The van der Waals surface area contributed by atoms with E-state index in [1.807, 2.05) is 27.7 Å². The number of nitrogens with one attached hydrogen (secondary N) is 1. The second kappa shape index (κ2) is 8.23. The summed E-state index contributed by atoms with van der Waals surface area (Å²) in [6, 6.07) is 6.18. The standard InChI is InChI=1S/C16H22FN5OS/c1-10(2)15(12-5-7-13(17)8-6-12)18-14(23)9-24-16-19-20-21-22(16)11(3)4/h5-8,10-11,15H,9H2,1-4H3,(H,18,23). The van der Waals surface area contributed by atoms with Crippen LogP contribution in [0.3, 0.4) is 0 Å². The molecule has 1 amide bonds. The van der Waals surface area contributed by atoms with Crippen LogP contribution in [0.5, 0.6) is 0 Å². The number of hydrogen-bond acceptors (Lipinski definition) is 5. The van der Waals surface area contributed by atoms with Crippen molar-refractivity contribution in [2.45, 2.75) is 44.9 Å². The molecule has 24 heavy (non-hydrogen) atoms. The summed E-state index contributed by atoms with van der Waals surface area (Å²) in [4.78, 5) is 12.3. The number of halogens is 1. The highest BCUT2D eigenvalue weighted by Gasteiger charge is 2.19. The topological polar surface area (TPSA) is 72.7 Å². The number of rotatable bonds is 7. The minimum atomic E-state index is -0.288. The van der Waals surface area contributed by atoms with Gasteiger partial charge in [-0.25, -0.2) is 9.07 Å². The van der Waals surface area contributed by atoms with Crippen molar-refractivity contribution in [3.05, 3.63) is 35.6 Å². The minimum absolute atomic E-state index is 0.110. The Morgan fingerprint density at radius 1 is 1.25 bits per heavy atom. The van der Waals surface area contributed by atoms with Crippen LogP contribution in [0.25, 0.3) is 0 Å². The van der Waals surface area contributed by atoms with Crippen molar-refractivity contribution in [2.75, 3.05) is 5.75 Å². The number of tetrazole rings is 1. The summed E-state index contributed by atoms with van der Waals surface area (Å²) in [7, 11) is 0. The van der Waals surface area contributed by atoms with Crippen molar-refractivity contribution < 1.29 is 9.18 Å². The third kappa shape index (κ3) is 4.77. The third-order valence-corrected chi connectivity index (χ3v) is 4.43. The molecule has 0 saturated heterocycles. The van der Waals surface area contributed by atoms with E-state index in [1.54, 1.807) is 16.8 Å². The van der Waals surface area contributed by atoms with Gasteiger partial charge < -0.3 is 5.32 Å². The zero-order valence-corrected chi connectivity index (χ0v) is 15.0. The number of aromatic nitrogens is 4. The molecule has 0 bridgehead atoms. The maximum Gasteiger partial charge on any atom is 0.230 e. The fraction of sp³-hybridized carbons (Fsp3) is 0.500. The molecule has 1 aromatic heterocycles. The van der Waals surface area contributed by atoms with E-state index in [2.05, 4.69) is 20.8 Å². The first-order chi connectivity index (χ1) is 11.4. The second-order valence-corrected chi connectivity index (χ2v) is 7.07. The van der Waals surface area contributed by atoms with Gasteiger partial charge in [-0.1, -0.05) is 37.7 Å². The summed E-state index contributed by atoms with van der Waals surface area (Å²) >= 11 is 1.30. The van der Waals surface area contributed by atoms with Crippen molar-refractivity contribution >= 4 is 17.7 Å². The van der Waals surface area contributed by atoms with Gasteiger partial charge in [-0.3, -0.25) is 4.79 Å². The number of thioether (sulfide) groups is 1. The number of carbonyl (C=O) groups is 1. The normalized spacial score (nSPS) is 12.6. The predicted molar refractivity (Wildman–Crippen MR) is 91.0 cm³/mol. The summed E-state index contributed by atoms with van der Waals surface area (Å²) in [6.07, 6.45) is 0. The van der Waals surface area contributed by atoms with Gasteiger partial charge in [-0.2, -0.15) is 0 Å². The highest BCUT2D eigenvalue weighted by atomic mass is 32.2. The van der Waals surface area contributed by atoms with E-state index < -0.39 is 0 Å². The first kappa shape index (κ1) is 18.4. The maximum absolute atomic E-state index is 13.1. The van der Waals surface area contributed by atoms with Crippen LogP contribution < -0.4 is 5.32 Å². The van der Waals surface area contributed by atoms with Crippen LogP contribution in [0.1, 0.15) is 45.3 Å². The molecule has 6 nitrogen and oxygen atoms in total. The van der Waals surface area contributed by atoms with Gasteiger partial charge in [0, 0.05) is 0 Å². The fourth-order valence-corrected chi connectivity index (χ4v) is 3.07. The van der Waals surface area contributed by atoms with Gasteiger partial charge >= 0.3 is 0 Å². The number of nitrogens with zero attached hydrogens (tertiary/aromatic N) is 4. The Hall–Kier alpha value is -1.96. The zero-order chi connectivity index (χ0) is 17.7. The van der Waals surface area contributed by atoms with Crippen LogP contribution >= 0.6 is 11.8 Å². The molecule has 0 spiro atoms. The largest absolute Gasteiger partial charge is 0.348 e. The van der Waals surface area contributed by atoms with Gasteiger partial charge in [0.15, 0.2) is 0 Å². The Bertz CT molecular complexity index is 671. The molecule has 0 aliphatic carbocycles. The molecule has 2 aromatic rings. The molecule has 0 saturated carbocycles. The van der Waals surface area contributed by atoms with Crippen LogP contribution in [0.2, 0.25) is 0 Å². The average Bonchev–Trinajstić information content (AvgIpc) is 3.00. The van der Waals surface area contributed by atoms with Crippen LogP contribution in [0, 0.1) is 11.7 Å². The first-order valence-electron chi connectivity index (χ1n) is 7.84. The van der Waals surface area contributed by atoms with E-state index >= 15 is 0 Å². The van der Waals surface area contributed by atoms with Crippen LogP contribution in [0.4, 0.5) is 4.39 Å². The van der Waals surface area contributed by atoms with E-state index in [0.29, 0.717) is 5.16 Å². The molecule has 0 aliphatic rings. The van der Waals surface area contributed by atoms with Crippen molar-refractivity contribution in [3.63, 3.8) is 0 Å². The lowest BCUT2D eigenvalue weighted by Crippen LogP contribution is -2.33. The van der Waals surface area contributed by atoms with Gasteiger partial charge in [0.25, 0.3) is 0 Å². The first-order valence-corrected chi connectivity index (χ1v) is 8.82. The van der Waals surface area contributed by atoms with E-state index in [9.17, 15) is 9.18 Å². The average molecular weight is 351 g/mol.